The molecule has 0 unspecified atom stereocenters. The normalized spacial score (nSPS) is 10.3. The topological polar surface area (TPSA) is 47.6 Å². The summed E-state index contributed by atoms with van der Waals surface area (Å²) in [6.07, 6.45) is -0.609. The summed E-state index contributed by atoms with van der Waals surface area (Å²) in [5, 5.41) is 3.90. The molecule has 0 aromatic heterocycles. The highest BCUT2D eigenvalue weighted by Crippen LogP contribution is 2.28. The molecule has 2 aromatic carbocycles. The highest BCUT2D eigenvalue weighted by molar-refractivity contribution is 9.10. The third kappa shape index (κ3) is 5.77. The van der Waals surface area contributed by atoms with Crippen molar-refractivity contribution in [3.63, 3.8) is 0 Å². The highest BCUT2D eigenvalue weighted by atomic mass is 79.9. The smallest absolute Gasteiger partial charge is 0.411 e. The fourth-order valence-electron chi connectivity index (χ4n) is 1.61. The third-order valence-electron chi connectivity index (χ3n) is 2.63. The van der Waals surface area contributed by atoms with Crippen LogP contribution in [0.3, 0.4) is 0 Å². The van der Waals surface area contributed by atoms with Gasteiger partial charge >= 0.3 is 6.09 Å². The zero-order chi connectivity index (χ0) is 16.8. The van der Waals surface area contributed by atoms with E-state index in [0.29, 0.717) is 26.5 Å². The summed E-state index contributed by atoms with van der Waals surface area (Å²) < 4.78 is 11.2. The van der Waals surface area contributed by atoms with Gasteiger partial charge in [-0.1, -0.05) is 34.8 Å². The number of ether oxygens (including phenoxy) is 2. The molecule has 2 rings (SSSR count). The van der Waals surface area contributed by atoms with Gasteiger partial charge in [-0.25, -0.2) is 4.79 Å². The number of hydrogen-bond donors (Lipinski definition) is 1. The molecular formula is C15H11BrCl3NO3. The number of amides is 1. The van der Waals surface area contributed by atoms with Gasteiger partial charge in [0, 0.05) is 10.7 Å². The average Bonchev–Trinajstić information content (AvgIpc) is 2.49. The lowest BCUT2D eigenvalue weighted by Gasteiger charge is -2.10. The molecule has 0 radical (unpaired) electrons. The van der Waals surface area contributed by atoms with Crippen LogP contribution in [0, 0.1) is 0 Å². The van der Waals surface area contributed by atoms with Gasteiger partial charge in [-0.3, -0.25) is 5.32 Å². The van der Waals surface area contributed by atoms with Crippen LogP contribution in [0.25, 0.3) is 0 Å². The molecule has 0 fully saturated rings. The first-order chi connectivity index (χ1) is 11.0. The van der Waals surface area contributed by atoms with Gasteiger partial charge in [0.25, 0.3) is 0 Å². The fraction of sp³-hybridized carbons (Fsp3) is 0.133. The molecule has 4 nitrogen and oxygen atoms in total. The predicted molar refractivity (Wildman–Crippen MR) is 96.1 cm³/mol. The van der Waals surface area contributed by atoms with E-state index in [2.05, 4.69) is 21.2 Å². The molecule has 1 N–H and O–H groups in total. The summed E-state index contributed by atoms with van der Waals surface area (Å²) in [5.74, 6) is 0.614. The number of rotatable bonds is 5. The molecule has 122 valence electrons. The molecule has 0 aliphatic rings. The minimum atomic E-state index is -0.609. The molecule has 0 saturated carbocycles. The third-order valence-corrected chi connectivity index (χ3v) is 4.23. The van der Waals surface area contributed by atoms with E-state index in [1.807, 2.05) is 0 Å². The number of carbonyl (C=O) groups is 1. The Balaban J connectivity index is 1.75. The van der Waals surface area contributed by atoms with E-state index >= 15 is 0 Å². The number of halogens is 4. The van der Waals surface area contributed by atoms with Crippen molar-refractivity contribution in [2.24, 2.45) is 0 Å². The Morgan fingerprint density at radius 1 is 1.04 bits per heavy atom. The molecule has 0 saturated heterocycles. The lowest BCUT2D eigenvalue weighted by Crippen LogP contribution is -2.17. The second-order valence-electron chi connectivity index (χ2n) is 4.31. The van der Waals surface area contributed by atoms with E-state index in [9.17, 15) is 4.79 Å². The van der Waals surface area contributed by atoms with E-state index in [4.69, 9.17) is 44.3 Å². The Labute approximate surface area is 156 Å². The fourth-order valence-corrected chi connectivity index (χ4v) is 2.70. The summed E-state index contributed by atoms with van der Waals surface area (Å²) in [6, 6.07) is 9.89. The Morgan fingerprint density at radius 2 is 1.83 bits per heavy atom. The van der Waals surface area contributed by atoms with Gasteiger partial charge in [0.15, 0.2) is 0 Å². The van der Waals surface area contributed by atoms with Gasteiger partial charge in [0.2, 0.25) is 0 Å². The summed E-state index contributed by atoms with van der Waals surface area (Å²) in [7, 11) is 0. The van der Waals surface area contributed by atoms with Crippen LogP contribution in [0.2, 0.25) is 15.1 Å². The molecule has 1 amide bonds. The van der Waals surface area contributed by atoms with Gasteiger partial charge in [-0.05, 0) is 52.3 Å². The predicted octanol–water partition coefficient (Wildman–Crippen LogP) is 6.04. The maximum absolute atomic E-state index is 11.6. The van der Waals surface area contributed by atoms with E-state index in [1.54, 1.807) is 30.3 Å². The van der Waals surface area contributed by atoms with Gasteiger partial charge in [-0.15, -0.1) is 0 Å². The van der Waals surface area contributed by atoms with Crippen LogP contribution < -0.4 is 10.1 Å². The van der Waals surface area contributed by atoms with Gasteiger partial charge in [0.1, 0.15) is 19.0 Å². The number of nitrogens with one attached hydrogen (secondary N) is 1. The number of benzene rings is 2. The highest BCUT2D eigenvalue weighted by Gasteiger charge is 2.06. The van der Waals surface area contributed by atoms with E-state index < -0.39 is 6.09 Å². The van der Waals surface area contributed by atoms with Crippen molar-refractivity contribution < 1.29 is 14.3 Å². The van der Waals surface area contributed by atoms with Crippen molar-refractivity contribution in [2.75, 3.05) is 18.5 Å². The summed E-state index contributed by atoms with van der Waals surface area (Å²) in [6.45, 7) is 0.289. The minimum Gasteiger partial charge on any atom is -0.489 e. The molecular weight excluding hydrogens is 428 g/mol. The van der Waals surface area contributed by atoms with Crippen LogP contribution in [0.1, 0.15) is 0 Å². The first-order valence-corrected chi connectivity index (χ1v) is 8.35. The van der Waals surface area contributed by atoms with Crippen LogP contribution in [0.4, 0.5) is 10.5 Å². The van der Waals surface area contributed by atoms with E-state index in [1.165, 1.54) is 6.07 Å². The average molecular weight is 440 g/mol. The molecule has 23 heavy (non-hydrogen) atoms. The Kier molecular flexibility index (Phi) is 6.84. The zero-order valence-corrected chi connectivity index (χ0v) is 15.5. The Bertz CT molecular complexity index is 712. The first kappa shape index (κ1) is 18.2. The lowest BCUT2D eigenvalue weighted by atomic mass is 10.3. The van der Waals surface area contributed by atoms with Crippen molar-refractivity contribution in [1.82, 2.24) is 0 Å². The van der Waals surface area contributed by atoms with Crippen molar-refractivity contribution in [3.8, 4) is 5.75 Å². The van der Waals surface area contributed by atoms with Crippen LogP contribution in [0.15, 0.2) is 40.9 Å². The molecule has 0 heterocycles. The van der Waals surface area contributed by atoms with Crippen LogP contribution >= 0.6 is 50.7 Å². The number of carbonyl (C=O) groups excluding carboxylic acids is 1. The van der Waals surface area contributed by atoms with Gasteiger partial charge in [0.05, 0.1) is 14.5 Å². The molecule has 2 aromatic rings. The van der Waals surface area contributed by atoms with Crippen LogP contribution in [-0.2, 0) is 4.74 Å². The monoisotopic (exact) mass is 437 g/mol. The van der Waals surface area contributed by atoms with Crippen LogP contribution in [-0.4, -0.2) is 19.3 Å². The summed E-state index contributed by atoms with van der Waals surface area (Å²) >= 11 is 20.8. The zero-order valence-electron chi connectivity index (χ0n) is 11.6. The molecule has 0 atom stereocenters. The van der Waals surface area contributed by atoms with Gasteiger partial charge < -0.3 is 9.47 Å². The van der Waals surface area contributed by atoms with Crippen molar-refractivity contribution in [2.45, 2.75) is 0 Å². The maximum Gasteiger partial charge on any atom is 0.411 e. The van der Waals surface area contributed by atoms with E-state index in [0.717, 1.165) is 4.47 Å². The second-order valence-corrected chi connectivity index (χ2v) is 6.42. The standard InChI is InChI=1S/C15H11BrCl3NO3/c16-11-7-9(17)1-4-14(11)22-5-6-23-15(21)20-10-2-3-12(18)13(19)8-10/h1-4,7-8H,5-6H2,(H,20,21). The molecule has 0 aliphatic carbocycles. The van der Waals surface area contributed by atoms with Crippen LogP contribution in [0.5, 0.6) is 5.75 Å². The summed E-state index contributed by atoms with van der Waals surface area (Å²) in [5.41, 5.74) is 0.491. The largest absolute Gasteiger partial charge is 0.489 e. The first-order valence-electron chi connectivity index (χ1n) is 6.42. The molecule has 0 bridgehead atoms. The quantitative estimate of drug-likeness (QED) is 0.578. The van der Waals surface area contributed by atoms with Crippen molar-refractivity contribution in [1.29, 1.82) is 0 Å². The molecule has 0 spiro atoms. The SMILES string of the molecule is O=C(Nc1ccc(Cl)c(Cl)c1)OCCOc1ccc(Cl)cc1Br. The van der Waals surface area contributed by atoms with E-state index in [-0.39, 0.29) is 13.2 Å². The lowest BCUT2D eigenvalue weighted by molar-refractivity contribution is 0.137. The Morgan fingerprint density at radius 3 is 2.52 bits per heavy atom. The van der Waals surface area contributed by atoms with Crippen molar-refractivity contribution in [3.05, 3.63) is 55.9 Å². The van der Waals surface area contributed by atoms with Crippen molar-refractivity contribution >= 4 is 62.5 Å². The van der Waals surface area contributed by atoms with Gasteiger partial charge in [-0.2, -0.15) is 0 Å². The second kappa shape index (κ2) is 8.64. The molecule has 8 heteroatoms. The maximum atomic E-state index is 11.6. The number of hydrogen-bond acceptors (Lipinski definition) is 3. The Hall–Kier alpha value is -1.14. The minimum absolute atomic E-state index is 0.0855. The number of anilines is 1. The molecule has 0 aliphatic heterocycles. The summed E-state index contributed by atoms with van der Waals surface area (Å²) in [4.78, 5) is 11.6.